The lowest BCUT2D eigenvalue weighted by molar-refractivity contribution is 0.00467. The van der Waals surface area contributed by atoms with Crippen molar-refractivity contribution in [1.29, 1.82) is 5.26 Å². The van der Waals surface area contributed by atoms with E-state index in [0.717, 1.165) is 31.2 Å². The van der Waals surface area contributed by atoms with Crippen LogP contribution in [0, 0.1) is 11.3 Å². The Bertz CT molecular complexity index is 433. The number of nitriles is 1. The van der Waals surface area contributed by atoms with Crippen LogP contribution in [0.3, 0.4) is 0 Å². The van der Waals surface area contributed by atoms with Gasteiger partial charge in [-0.1, -0.05) is 19.3 Å². The van der Waals surface area contributed by atoms with Gasteiger partial charge in [-0.25, -0.2) is 4.98 Å². The minimum Gasteiger partial charge on any atom is -0.389 e. The van der Waals surface area contributed by atoms with Gasteiger partial charge in [-0.15, -0.1) is 0 Å². The van der Waals surface area contributed by atoms with Crippen LogP contribution >= 0.6 is 0 Å². The first kappa shape index (κ1) is 13.0. The van der Waals surface area contributed by atoms with Gasteiger partial charge < -0.3 is 10.4 Å². The Kier molecular flexibility index (Phi) is 4.29. The lowest BCUT2D eigenvalue weighted by atomic mass is 9.85. The molecule has 0 saturated heterocycles. The Hall–Kier alpha value is -1.44. The van der Waals surface area contributed by atoms with E-state index in [1.54, 1.807) is 12.3 Å². The molecule has 2 N–H and O–H groups in total. The summed E-state index contributed by atoms with van der Waals surface area (Å²) < 4.78 is 0. The van der Waals surface area contributed by atoms with Crippen LogP contribution < -0.4 is 5.32 Å². The van der Waals surface area contributed by atoms with E-state index in [-0.39, 0.29) is 0 Å². The van der Waals surface area contributed by atoms with E-state index in [4.69, 9.17) is 5.26 Å². The summed E-state index contributed by atoms with van der Waals surface area (Å²) in [6.45, 7) is 1.29. The molecule has 0 radical (unpaired) electrons. The van der Waals surface area contributed by atoms with Gasteiger partial charge in [-0.3, -0.25) is 0 Å². The van der Waals surface area contributed by atoms with Crippen LogP contribution in [0.25, 0.3) is 0 Å². The standard InChI is InChI=1S/C14H19N3O/c15-9-13-8-12(4-7-17-13)10-16-11-14(18)5-2-1-3-6-14/h4,7-8,16,18H,1-3,5-6,10-11H2. The van der Waals surface area contributed by atoms with Crippen LogP contribution in [0.1, 0.15) is 43.4 Å². The highest BCUT2D eigenvalue weighted by Gasteiger charge is 2.28. The van der Waals surface area contributed by atoms with Crippen molar-refractivity contribution in [3.8, 4) is 6.07 Å². The fraction of sp³-hybridized carbons (Fsp3) is 0.571. The molecular weight excluding hydrogens is 226 g/mol. The predicted octanol–water partition coefficient (Wildman–Crippen LogP) is 1.74. The number of hydrogen-bond donors (Lipinski definition) is 2. The van der Waals surface area contributed by atoms with Gasteiger partial charge in [0.2, 0.25) is 0 Å². The summed E-state index contributed by atoms with van der Waals surface area (Å²) in [6.07, 6.45) is 6.89. The van der Waals surface area contributed by atoms with Gasteiger partial charge in [0.15, 0.2) is 0 Å². The third-order valence-electron chi connectivity index (χ3n) is 3.51. The normalized spacial score (nSPS) is 18.2. The number of hydrogen-bond acceptors (Lipinski definition) is 4. The minimum absolute atomic E-state index is 0.436. The van der Waals surface area contributed by atoms with E-state index >= 15 is 0 Å². The summed E-state index contributed by atoms with van der Waals surface area (Å²) >= 11 is 0. The summed E-state index contributed by atoms with van der Waals surface area (Å²) in [5.41, 5.74) is 0.926. The molecule has 0 bridgehead atoms. The maximum absolute atomic E-state index is 10.3. The lowest BCUT2D eigenvalue weighted by Gasteiger charge is -2.32. The molecule has 1 fully saturated rings. The van der Waals surface area contributed by atoms with Gasteiger partial charge in [0, 0.05) is 19.3 Å². The van der Waals surface area contributed by atoms with E-state index in [0.29, 0.717) is 18.8 Å². The topological polar surface area (TPSA) is 68.9 Å². The Balaban J connectivity index is 1.82. The van der Waals surface area contributed by atoms with Gasteiger partial charge in [0.25, 0.3) is 0 Å². The first-order valence-corrected chi connectivity index (χ1v) is 6.50. The van der Waals surface area contributed by atoms with Crippen molar-refractivity contribution in [3.63, 3.8) is 0 Å². The quantitative estimate of drug-likeness (QED) is 0.847. The van der Waals surface area contributed by atoms with Crippen molar-refractivity contribution in [2.45, 2.75) is 44.2 Å². The summed E-state index contributed by atoms with van der Waals surface area (Å²) in [5.74, 6) is 0. The Morgan fingerprint density at radius 1 is 1.39 bits per heavy atom. The summed E-state index contributed by atoms with van der Waals surface area (Å²) in [4.78, 5) is 3.93. The smallest absolute Gasteiger partial charge is 0.140 e. The predicted molar refractivity (Wildman–Crippen MR) is 68.7 cm³/mol. The van der Waals surface area contributed by atoms with Crippen LogP contribution in [0.15, 0.2) is 18.3 Å². The molecule has 4 nitrogen and oxygen atoms in total. The SMILES string of the molecule is N#Cc1cc(CNCC2(O)CCCCC2)ccn1. The van der Waals surface area contributed by atoms with E-state index in [9.17, 15) is 5.11 Å². The average molecular weight is 245 g/mol. The second-order valence-electron chi connectivity index (χ2n) is 5.05. The maximum atomic E-state index is 10.3. The molecule has 0 aliphatic heterocycles. The molecule has 1 aliphatic carbocycles. The van der Waals surface area contributed by atoms with E-state index in [1.165, 1.54) is 6.42 Å². The van der Waals surface area contributed by atoms with E-state index in [2.05, 4.69) is 10.3 Å². The van der Waals surface area contributed by atoms with Crippen LogP contribution in [0.2, 0.25) is 0 Å². The van der Waals surface area contributed by atoms with Crippen molar-refractivity contribution in [1.82, 2.24) is 10.3 Å². The van der Waals surface area contributed by atoms with E-state index < -0.39 is 5.60 Å². The number of rotatable bonds is 4. The molecule has 1 aromatic rings. The molecule has 1 aromatic heterocycles. The van der Waals surface area contributed by atoms with Gasteiger partial charge in [0.05, 0.1) is 5.60 Å². The Morgan fingerprint density at radius 3 is 2.89 bits per heavy atom. The van der Waals surface area contributed by atoms with Crippen LogP contribution in [-0.4, -0.2) is 22.2 Å². The third-order valence-corrected chi connectivity index (χ3v) is 3.51. The summed E-state index contributed by atoms with van der Waals surface area (Å²) in [6, 6.07) is 5.69. The molecule has 0 unspecified atom stereocenters. The molecule has 2 rings (SSSR count). The Labute approximate surface area is 108 Å². The molecule has 1 heterocycles. The highest BCUT2D eigenvalue weighted by Crippen LogP contribution is 2.27. The summed E-state index contributed by atoms with van der Waals surface area (Å²) in [5, 5.41) is 22.4. The second kappa shape index (κ2) is 5.94. The maximum Gasteiger partial charge on any atom is 0.140 e. The number of nitrogens with zero attached hydrogens (tertiary/aromatic N) is 2. The van der Waals surface area contributed by atoms with Crippen LogP contribution in [0.5, 0.6) is 0 Å². The first-order chi connectivity index (χ1) is 8.72. The number of nitrogens with one attached hydrogen (secondary N) is 1. The highest BCUT2D eigenvalue weighted by molar-refractivity contribution is 5.25. The first-order valence-electron chi connectivity index (χ1n) is 6.50. The van der Waals surface area contributed by atoms with Crippen molar-refractivity contribution in [2.75, 3.05) is 6.54 Å². The molecular formula is C14H19N3O. The molecule has 0 aromatic carbocycles. The lowest BCUT2D eigenvalue weighted by Crippen LogP contribution is -2.41. The minimum atomic E-state index is -0.538. The Morgan fingerprint density at radius 2 is 2.17 bits per heavy atom. The van der Waals surface area contributed by atoms with Crippen LogP contribution in [-0.2, 0) is 6.54 Å². The monoisotopic (exact) mass is 245 g/mol. The zero-order valence-electron chi connectivity index (χ0n) is 10.5. The molecule has 0 spiro atoms. The van der Waals surface area contributed by atoms with Gasteiger partial charge in [-0.2, -0.15) is 5.26 Å². The molecule has 4 heteroatoms. The fourth-order valence-corrected chi connectivity index (χ4v) is 2.47. The van der Waals surface area contributed by atoms with Crippen LogP contribution in [0.4, 0.5) is 0 Å². The largest absolute Gasteiger partial charge is 0.389 e. The number of aromatic nitrogens is 1. The molecule has 1 saturated carbocycles. The van der Waals surface area contributed by atoms with Gasteiger partial charge in [-0.05, 0) is 30.5 Å². The number of aliphatic hydroxyl groups is 1. The molecule has 96 valence electrons. The van der Waals surface area contributed by atoms with Crippen molar-refractivity contribution < 1.29 is 5.11 Å². The average Bonchev–Trinajstić information content (AvgIpc) is 2.40. The zero-order valence-corrected chi connectivity index (χ0v) is 10.5. The summed E-state index contributed by atoms with van der Waals surface area (Å²) in [7, 11) is 0. The van der Waals surface area contributed by atoms with Gasteiger partial charge in [0.1, 0.15) is 11.8 Å². The molecule has 18 heavy (non-hydrogen) atoms. The molecule has 1 aliphatic rings. The second-order valence-corrected chi connectivity index (χ2v) is 5.05. The fourth-order valence-electron chi connectivity index (χ4n) is 2.47. The zero-order chi connectivity index (χ0) is 12.8. The molecule has 0 amide bonds. The molecule has 0 atom stereocenters. The van der Waals surface area contributed by atoms with Crippen molar-refractivity contribution >= 4 is 0 Å². The van der Waals surface area contributed by atoms with Crippen molar-refractivity contribution in [3.05, 3.63) is 29.6 Å². The third kappa shape index (κ3) is 3.52. The van der Waals surface area contributed by atoms with Crippen molar-refractivity contribution in [2.24, 2.45) is 0 Å². The van der Waals surface area contributed by atoms with E-state index in [1.807, 2.05) is 12.1 Å². The number of pyridine rings is 1. The highest BCUT2D eigenvalue weighted by atomic mass is 16.3. The van der Waals surface area contributed by atoms with Gasteiger partial charge >= 0.3 is 0 Å².